The lowest BCUT2D eigenvalue weighted by atomic mass is 10.1. The lowest BCUT2D eigenvalue weighted by Gasteiger charge is -2.18. The summed E-state index contributed by atoms with van der Waals surface area (Å²) in [5.74, 6) is -0.926. The predicted molar refractivity (Wildman–Crippen MR) is 265 cm³/mol. The van der Waals surface area contributed by atoms with Gasteiger partial charge in [0.15, 0.2) is 6.10 Å². The first-order valence-corrected chi connectivity index (χ1v) is 25.6. The van der Waals surface area contributed by atoms with Crippen molar-refractivity contribution in [3.63, 3.8) is 0 Å². The van der Waals surface area contributed by atoms with E-state index in [9.17, 15) is 14.4 Å². The smallest absolute Gasteiger partial charge is 0.306 e. The third-order valence-corrected chi connectivity index (χ3v) is 10.6. The number of rotatable bonds is 45. The number of hydrogen-bond acceptors (Lipinski definition) is 6. The Morgan fingerprint density at radius 2 is 0.629 bits per heavy atom. The molecule has 354 valence electrons. The molecule has 0 N–H and O–H groups in total. The third-order valence-electron chi connectivity index (χ3n) is 10.6. The highest BCUT2D eigenvalue weighted by Crippen LogP contribution is 2.13. The fraction of sp³-hybridized carbons (Fsp3) is 0.696. The SMILES string of the molecule is CC/C=C\C/C=C\C/C=C\C/C=C\C/C=C\CCCCCCCC(=O)OCC(COC(=O)CCCCCCCC)OC(=O)CCCCCCCCC/C=C\C/C=C\CCCCC. The first-order valence-electron chi connectivity index (χ1n) is 25.6. The Morgan fingerprint density at radius 1 is 0.339 bits per heavy atom. The summed E-state index contributed by atoms with van der Waals surface area (Å²) in [6, 6.07) is 0. The van der Waals surface area contributed by atoms with Crippen molar-refractivity contribution in [2.75, 3.05) is 13.2 Å². The van der Waals surface area contributed by atoms with Gasteiger partial charge in [0.2, 0.25) is 0 Å². The Balaban J connectivity index is 4.28. The van der Waals surface area contributed by atoms with E-state index in [4.69, 9.17) is 14.2 Å². The molecule has 0 rings (SSSR count). The molecular weight excluding hydrogens is 769 g/mol. The number of carbonyl (C=O) groups excluding carboxylic acids is 3. The van der Waals surface area contributed by atoms with Gasteiger partial charge >= 0.3 is 17.9 Å². The molecule has 0 heterocycles. The van der Waals surface area contributed by atoms with E-state index < -0.39 is 6.10 Å². The summed E-state index contributed by atoms with van der Waals surface area (Å²) >= 11 is 0. The fourth-order valence-corrected chi connectivity index (χ4v) is 6.79. The van der Waals surface area contributed by atoms with Gasteiger partial charge in [-0.3, -0.25) is 14.4 Å². The van der Waals surface area contributed by atoms with Crippen LogP contribution >= 0.6 is 0 Å². The van der Waals surface area contributed by atoms with Crippen LogP contribution in [0.5, 0.6) is 0 Å². The molecule has 6 heteroatoms. The van der Waals surface area contributed by atoms with Crippen LogP contribution in [0.25, 0.3) is 0 Å². The zero-order chi connectivity index (χ0) is 45.1. The number of esters is 3. The summed E-state index contributed by atoms with van der Waals surface area (Å²) in [4.78, 5) is 37.7. The third kappa shape index (κ3) is 47.6. The van der Waals surface area contributed by atoms with Crippen molar-refractivity contribution in [2.45, 2.75) is 239 Å². The van der Waals surface area contributed by atoms with Gasteiger partial charge in [-0.2, -0.15) is 0 Å². The van der Waals surface area contributed by atoms with Crippen molar-refractivity contribution < 1.29 is 28.6 Å². The Hall–Kier alpha value is -3.41. The quantitative estimate of drug-likeness (QED) is 0.0263. The molecule has 0 fully saturated rings. The van der Waals surface area contributed by atoms with E-state index in [2.05, 4.69) is 106 Å². The molecule has 0 aliphatic rings. The Labute approximate surface area is 382 Å². The summed E-state index contributed by atoms with van der Waals surface area (Å²) in [7, 11) is 0. The van der Waals surface area contributed by atoms with Gasteiger partial charge in [-0.25, -0.2) is 0 Å². The van der Waals surface area contributed by atoms with E-state index in [-0.39, 0.29) is 31.1 Å². The topological polar surface area (TPSA) is 78.9 Å². The molecule has 0 aromatic rings. The van der Waals surface area contributed by atoms with Crippen LogP contribution in [0.4, 0.5) is 0 Å². The molecule has 62 heavy (non-hydrogen) atoms. The Bertz CT molecular complexity index is 1220. The number of carbonyl (C=O) groups is 3. The highest BCUT2D eigenvalue weighted by molar-refractivity contribution is 5.71. The van der Waals surface area contributed by atoms with E-state index in [1.54, 1.807) is 0 Å². The van der Waals surface area contributed by atoms with Gasteiger partial charge in [0.05, 0.1) is 0 Å². The summed E-state index contributed by atoms with van der Waals surface area (Å²) in [6.07, 6.45) is 64.4. The van der Waals surface area contributed by atoms with Crippen LogP contribution < -0.4 is 0 Å². The van der Waals surface area contributed by atoms with Gasteiger partial charge < -0.3 is 14.2 Å². The van der Waals surface area contributed by atoms with Crippen molar-refractivity contribution >= 4 is 17.9 Å². The minimum Gasteiger partial charge on any atom is -0.462 e. The molecule has 1 atom stereocenters. The molecule has 0 spiro atoms. The summed E-state index contributed by atoms with van der Waals surface area (Å²) in [6.45, 7) is 6.41. The second-order valence-electron chi connectivity index (χ2n) is 16.7. The van der Waals surface area contributed by atoms with Crippen molar-refractivity contribution in [1.82, 2.24) is 0 Å². The average molecular weight is 863 g/mol. The second kappa shape index (κ2) is 50.2. The van der Waals surface area contributed by atoms with Crippen molar-refractivity contribution in [2.24, 2.45) is 0 Å². The largest absolute Gasteiger partial charge is 0.462 e. The summed E-state index contributed by atoms with van der Waals surface area (Å²) in [5, 5.41) is 0. The molecule has 0 saturated heterocycles. The first-order chi connectivity index (χ1) is 30.5. The van der Waals surface area contributed by atoms with Crippen molar-refractivity contribution in [3.8, 4) is 0 Å². The zero-order valence-electron chi connectivity index (χ0n) is 40.4. The zero-order valence-corrected chi connectivity index (χ0v) is 40.4. The van der Waals surface area contributed by atoms with Gasteiger partial charge in [-0.15, -0.1) is 0 Å². The number of hydrogen-bond donors (Lipinski definition) is 0. The maximum absolute atomic E-state index is 12.7. The molecule has 0 radical (unpaired) electrons. The van der Waals surface area contributed by atoms with E-state index in [1.807, 2.05) is 0 Å². The maximum Gasteiger partial charge on any atom is 0.306 e. The fourth-order valence-electron chi connectivity index (χ4n) is 6.79. The van der Waals surface area contributed by atoms with Crippen molar-refractivity contribution in [1.29, 1.82) is 0 Å². The van der Waals surface area contributed by atoms with Crippen LogP contribution in [0.3, 0.4) is 0 Å². The maximum atomic E-state index is 12.7. The Morgan fingerprint density at radius 3 is 1.02 bits per heavy atom. The molecule has 0 bridgehead atoms. The molecule has 0 aliphatic carbocycles. The highest BCUT2D eigenvalue weighted by atomic mass is 16.6. The van der Waals surface area contributed by atoms with Crippen LogP contribution in [0.15, 0.2) is 85.1 Å². The van der Waals surface area contributed by atoms with Crippen LogP contribution in [0, 0.1) is 0 Å². The van der Waals surface area contributed by atoms with Crippen LogP contribution in [-0.2, 0) is 28.6 Å². The first kappa shape index (κ1) is 58.6. The van der Waals surface area contributed by atoms with E-state index in [0.29, 0.717) is 19.3 Å². The van der Waals surface area contributed by atoms with E-state index in [0.717, 1.165) is 122 Å². The summed E-state index contributed by atoms with van der Waals surface area (Å²) in [5.41, 5.74) is 0. The van der Waals surface area contributed by atoms with E-state index in [1.165, 1.54) is 70.6 Å². The molecule has 1 unspecified atom stereocenters. The molecule has 0 aliphatic heterocycles. The van der Waals surface area contributed by atoms with Crippen LogP contribution in [0.1, 0.15) is 233 Å². The number of allylic oxidation sites excluding steroid dienone is 14. The number of ether oxygens (including phenoxy) is 3. The van der Waals surface area contributed by atoms with Crippen LogP contribution in [-0.4, -0.2) is 37.2 Å². The van der Waals surface area contributed by atoms with Gasteiger partial charge in [-0.1, -0.05) is 202 Å². The minimum atomic E-state index is -0.785. The minimum absolute atomic E-state index is 0.0868. The standard InChI is InChI=1S/C56H94O6/c1-4-7-10-13-16-18-20-22-24-26-27-28-29-31-32-34-36-38-40-43-46-49-55(58)61-52-53(51-60-54(57)48-45-42-15-12-9-6-3)62-56(59)50-47-44-41-39-37-35-33-30-25-23-21-19-17-14-11-8-5-2/h7,10,16-19,22-25,27-28,31-32,53H,4-6,8-9,11-15,20-21,26,29-30,33-52H2,1-3H3/b10-7-,18-16-,19-17-,24-22-,25-23-,28-27-,32-31-. The highest BCUT2D eigenvalue weighted by Gasteiger charge is 2.19. The molecule has 0 aromatic heterocycles. The molecule has 0 saturated carbocycles. The van der Waals surface area contributed by atoms with E-state index >= 15 is 0 Å². The molecule has 0 amide bonds. The van der Waals surface area contributed by atoms with Gasteiger partial charge in [0, 0.05) is 19.3 Å². The summed E-state index contributed by atoms with van der Waals surface area (Å²) < 4.78 is 16.7. The lowest BCUT2D eigenvalue weighted by molar-refractivity contribution is -0.167. The Kier molecular flexibility index (Phi) is 47.5. The lowest BCUT2D eigenvalue weighted by Crippen LogP contribution is -2.30. The van der Waals surface area contributed by atoms with Crippen LogP contribution in [0.2, 0.25) is 0 Å². The molecule has 6 nitrogen and oxygen atoms in total. The van der Waals surface area contributed by atoms with Crippen molar-refractivity contribution in [3.05, 3.63) is 85.1 Å². The number of unbranched alkanes of at least 4 members (excludes halogenated alkanes) is 20. The molecular formula is C56H94O6. The average Bonchev–Trinajstić information content (AvgIpc) is 3.27. The monoisotopic (exact) mass is 863 g/mol. The van der Waals surface area contributed by atoms with Gasteiger partial charge in [-0.05, 0) is 96.3 Å². The van der Waals surface area contributed by atoms with Gasteiger partial charge in [0.1, 0.15) is 13.2 Å². The second-order valence-corrected chi connectivity index (χ2v) is 16.7. The predicted octanol–water partition coefficient (Wildman–Crippen LogP) is 16.8. The molecule has 0 aromatic carbocycles. The normalized spacial score (nSPS) is 12.8. The van der Waals surface area contributed by atoms with Gasteiger partial charge in [0.25, 0.3) is 0 Å².